The average Bonchev–Trinajstić information content (AvgIpc) is 2.71. The molecule has 0 atom stereocenters. The molecule has 0 unspecified atom stereocenters. The molecular formula is C22H30FN5. The lowest BCUT2D eigenvalue weighted by molar-refractivity contribution is 0.459. The number of piperidine rings is 1. The zero-order chi connectivity index (χ0) is 19.8. The van der Waals surface area contributed by atoms with Crippen LogP contribution in [0.15, 0.2) is 47.6 Å². The molecule has 2 heterocycles. The van der Waals surface area contributed by atoms with Crippen molar-refractivity contribution in [2.24, 2.45) is 4.99 Å². The first-order chi connectivity index (χ1) is 13.6. The molecule has 1 aromatic heterocycles. The number of guanidine groups is 1. The van der Waals surface area contributed by atoms with E-state index in [0.717, 1.165) is 62.7 Å². The number of rotatable bonds is 6. The monoisotopic (exact) mass is 383 g/mol. The summed E-state index contributed by atoms with van der Waals surface area (Å²) < 4.78 is 13.2. The third kappa shape index (κ3) is 5.94. The highest BCUT2D eigenvalue weighted by Gasteiger charge is 2.20. The highest BCUT2D eigenvalue weighted by atomic mass is 19.1. The molecule has 1 saturated heterocycles. The summed E-state index contributed by atoms with van der Waals surface area (Å²) in [4.78, 5) is 11.2. The molecule has 0 amide bonds. The van der Waals surface area contributed by atoms with E-state index < -0.39 is 0 Å². The molecule has 5 nitrogen and oxygen atoms in total. The lowest BCUT2D eigenvalue weighted by Crippen LogP contribution is -2.49. The fourth-order valence-corrected chi connectivity index (χ4v) is 3.48. The largest absolute Gasteiger partial charge is 0.356 e. The third-order valence-corrected chi connectivity index (χ3v) is 5.10. The van der Waals surface area contributed by atoms with Crippen LogP contribution in [0.1, 0.15) is 30.4 Å². The van der Waals surface area contributed by atoms with E-state index in [2.05, 4.69) is 44.6 Å². The Hall–Kier alpha value is -2.63. The van der Waals surface area contributed by atoms with Gasteiger partial charge in [-0.25, -0.2) is 9.37 Å². The maximum atomic E-state index is 13.2. The minimum atomic E-state index is -0.171. The maximum Gasteiger partial charge on any atom is 0.191 e. The number of aromatic nitrogens is 1. The van der Waals surface area contributed by atoms with Gasteiger partial charge < -0.3 is 15.5 Å². The second kappa shape index (κ2) is 10.1. The van der Waals surface area contributed by atoms with Crippen LogP contribution in [0.5, 0.6) is 0 Å². The van der Waals surface area contributed by atoms with Crippen LogP contribution in [0.2, 0.25) is 0 Å². The Bertz CT molecular complexity index is 767. The Morgan fingerprint density at radius 3 is 2.75 bits per heavy atom. The molecule has 1 aliphatic rings. The quantitative estimate of drug-likeness (QED) is 0.457. The molecule has 1 aromatic carbocycles. The first-order valence-corrected chi connectivity index (χ1v) is 10.0. The zero-order valence-electron chi connectivity index (χ0n) is 16.8. The second-order valence-electron chi connectivity index (χ2n) is 7.33. The van der Waals surface area contributed by atoms with Gasteiger partial charge in [-0.15, -0.1) is 0 Å². The van der Waals surface area contributed by atoms with Crippen molar-refractivity contribution in [2.45, 2.75) is 38.6 Å². The summed E-state index contributed by atoms with van der Waals surface area (Å²) in [5, 5.41) is 6.90. The van der Waals surface area contributed by atoms with Gasteiger partial charge in [0.05, 0.1) is 0 Å². The average molecular weight is 384 g/mol. The predicted molar refractivity (Wildman–Crippen MR) is 113 cm³/mol. The van der Waals surface area contributed by atoms with E-state index >= 15 is 0 Å². The normalized spacial score (nSPS) is 15.5. The Morgan fingerprint density at radius 2 is 2.07 bits per heavy atom. The number of hydrogen-bond donors (Lipinski definition) is 2. The standard InChI is InChI=1S/C22H30FN5/c1-17-8-9-21(26-16-17)28-13-10-20(11-14-28)27-22(24-2)25-12-4-6-18-5-3-7-19(23)15-18/h3,5,7-9,15-16,20H,4,6,10-14H2,1-2H3,(H2,24,25,27). The van der Waals surface area contributed by atoms with Gasteiger partial charge in [-0.1, -0.05) is 18.2 Å². The second-order valence-corrected chi connectivity index (χ2v) is 7.33. The van der Waals surface area contributed by atoms with Gasteiger partial charge in [0.2, 0.25) is 0 Å². The van der Waals surface area contributed by atoms with Crippen LogP contribution in [0.25, 0.3) is 0 Å². The number of benzene rings is 1. The molecule has 28 heavy (non-hydrogen) atoms. The minimum absolute atomic E-state index is 0.171. The third-order valence-electron chi connectivity index (χ3n) is 5.10. The molecule has 1 aliphatic heterocycles. The van der Waals surface area contributed by atoms with Crippen molar-refractivity contribution in [1.82, 2.24) is 15.6 Å². The van der Waals surface area contributed by atoms with Crippen LogP contribution < -0.4 is 15.5 Å². The fraction of sp³-hybridized carbons (Fsp3) is 0.455. The number of aryl methyl sites for hydroxylation is 2. The van der Waals surface area contributed by atoms with Gasteiger partial charge in [-0.05, 0) is 61.9 Å². The SMILES string of the molecule is CN=C(NCCCc1cccc(F)c1)NC1CCN(c2ccc(C)cn2)CC1. The number of pyridine rings is 1. The molecular weight excluding hydrogens is 353 g/mol. The summed E-state index contributed by atoms with van der Waals surface area (Å²) >= 11 is 0. The van der Waals surface area contributed by atoms with Crippen LogP contribution in [-0.4, -0.2) is 43.7 Å². The van der Waals surface area contributed by atoms with Crippen LogP contribution in [0.4, 0.5) is 10.2 Å². The summed E-state index contributed by atoms with van der Waals surface area (Å²) in [6.07, 6.45) is 5.82. The van der Waals surface area contributed by atoms with Gasteiger partial charge >= 0.3 is 0 Å². The van der Waals surface area contributed by atoms with Gasteiger partial charge in [0.15, 0.2) is 5.96 Å². The number of hydrogen-bond acceptors (Lipinski definition) is 3. The highest BCUT2D eigenvalue weighted by Crippen LogP contribution is 2.18. The lowest BCUT2D eigenvalue weighted by atomic mass is 10.1. The lowest BCUT2D eigenvalue weighted by Gasteiger charge is -2.33. The first-order valence-electron chi connectivity index (χ1n) is 10.0. The van der Waals surface area contributed by atoms with Gasteiger partial charge in [-0.3, -0.25) is 4.99 Å². The fourth-order valence-electron chi connectivity index (χ4n) is 3.48. The van der Waals surface area contributed by atoms with E-state index in [0.29, 0.717) is 6.04 Å². The van der Waals surface area contributed by atoms with E-state index in [1.165, 1.54) is 11.6 Å². The molecule has 0 spiro atoms. The van der Waals surface area contributed by atoms with E-state index in [1.807, 2.05) is 12.3 Å². The molecule has 2 N–H and O–H groups in total. The summed E-state index contributed by atoms with van der Waals surface area (Å²) in [7, 11) is 1.80. The van der Waals surface area contributed by atoms with Crippen molar-refractivity contribution >= 4 is 11.8 Å². The smallest absolute Gasteiger partial charge is 0.191 e. The van der Waals surface area contributed by atoms with Crippen molar-refractivity contribution in [3.05, 3.63) is 59.5 Å². The van der Waals surface area contributed by atoms with Crippen LogP contribution in [0.3, 0.4) is 0 Å². The summed E-state index contributed by atoms with van der Waals surface area (Å²) in [6, 6.07) is 11.4. The van der Waals surface area contributed by atoms with Gasteiger partial charge in [-0.2, -0.15) is 0 Å². The van der Waals surface area contributed by atoms with Crippen molar-refractivity contribution < 1.29 is 4.39 Å². The predicted octanol–water partition coefficient (Wildman–Crippen LogP) is 3.30. The molecule has 2 aromatic rings. The molecule has 3 rings (SSSR count). The van der Waals surface area contributed by atoms with Crippen molar-refractivity contribution in [2.75, 3.05) is 31.6 Å². The topological polar surface area (TPSA) is 52.6 Å². The number of anilines is 1. The van der Waals surface area contributed by atoms with Crippen molar-refractivity contribution in [3.8, 4) is 0 Å². The number of aliphatic imine (C=N–C) groups is 1. The summed E-state index contributed by atoms with van der Waals surface area (Å²) in [6.45, 7) is 4.85. The van der Waals surface area contributed by atoms with E-state index in [4.69, 9.17) is 0 Å². The molecule has 6 heteroatoms. The molecule has 0 saturated carbocycles. The van der Waals surface area contributed by atoms with Gasteiger partial charge in [0.1, 0.15) is 11.6 Å². The molecule has 0 bridgehead atoms. The Balaban J connectivity index is 1.37. The van der Waals surface area contributed by atoms with E-state index in [9.17, 15) is 4.39 Å². The highest BCUT2D eigenvalue weighted by molar-refractivity contribution is 5.79. The zero-order valence-corrected chi connectivity index (χ0v) is 16.8. The van der Waals surface area contributed by atoms with Crippen molar-refractivity contribution in [3.63, 3.8) is 0 Å². The molecule has 1 fully saturated rings. The van der Waals surface area contributed by atoms with Crippen molar-refractivity contribution in [1.29, 1.82) is 0 Å². The summed E-state index contributed by atoms with van der Waals surface area (Å²) in [5.41, 5.74) is 2.22. The van der Waals surface area contributed by atoms with E-state index in [1.54, 1.807) is 19.2 Å². The maximum absolute atomic E-state index is 13.2. The first kappa shape index (κ1) is 20.1. The Labute approximate surface area is 167 Å². The molecule has 150 valence electrons. The number of nitrogens with one attached hydrogen (secondary N) is 2. The van der Waals surface area contributed by atoms with Crippen LogP contribution >= 0.6 is 0 Å². The van der Waals surface area contributed by atoms with Gasteiger partial charge in [0, 0.05) is 38.9 Å². The van der Waals surface area contributed by atoms with Crippen LogP contribution in [0, 0.1) is 12.7 Å². The molecule has 0 radical (unpaired) electrons. The van der Waals surface area contributed by atoms with Gasteiger partial charge in [0.25, 0.3) is 0 Å². The number of halogens is 1. The van der Waals surface area contributed by atoms with Crippen LogP contribution in [-0.2, 0) is 6.42 Å². The summed E-state index contributed by atoms with van der Waals surface area (Å²) in [5.74, 6) is 1.73. The minimum Gasteiger partial charge on any atom is -0.356 e. The number of nitrogens with zero attached hydrogens (tertiary/aromatic N) is 3. The Kier molecular flexibility index (Phi) is 7.23. The Morgan fingerprint density at radius 1 is 1.25 bits per heavy atom. The van der Waals surface area contributed by atoms with E-state index in [-0.39, 0.29) is 5.82 Å². The molecule has 0 aliphatic carbocycles.